The molecule has 1 atom stereocenters. The highest BCUT2D eigenvalue weighted by Gasteiger charge is 2.34. The minimum Gasteiger partial charge on any atom is -0.487 e. The van der Waals surface area contributed by atoms with Crippen LogP contribution in [0.1, 0.15) is 18.4 Å². The van der Waals surface area contributed by atoms with E-state index in [2.05, 4.69) is 6.07 Å². The largest absolute Gasteiger partial charge is 0.487 e. The van der Waals surface area contributed by atoms with Crippen LogP contribution in [0, 0.1) is 0 Å². The van der Waals surface area contributed by atoms with Crippen molar-refractivity contribution in [3.05, 3.63) is 29.8 Å². The van der Waals surface area contributed by atoms with Gasteiger partial charge in [0.1, 0.15) is 11.9 Å². The van der Waals surface area contributed by atoms with E-state index < -0.39 is 0 Å². The van der Waals surface area contributed by atoms with Crippen LogP contribution < -0.4 is 10.5 Å². The van der Waals surface area contributed by atoms with E-state index in [1.54, 1.807) is 0 Å². The van der Waals surface area contributed by atoms with E-state index in [1.165, 1.54) is 5.56 Å². The summed E-state index contributed by atoms with van der Waals surface area (Å²) in [5.41, 5.74) is 6.94. The van der Waals surface area contributed by atoms with Gasteiger partial charge >= 0.3 is 0 Å². The molecule has 1 fully saturated rings. The molecule has 1 saturated heterocycles. The smallest absolute Gasteiger partial charge is 0.126 e. The summed E-state index contributed by atoms with van der Waals surface area (Å²) in [7, 11) is 0. The van der Waals surface area contributed by atoms with Crippen LogP contribution in [0.5, 0.6) is 5.75 Å². The summed E-state index contributed by atoms with van der Waals surface area (Å²) in [4.78, 5) is 0. The molecule has 104 valence electrons. The molecule has 0 bridgehead atoms. The average Bonchev–Trinajstić information content (AvgIpc) is 2.89. The molecule has 0 aromatic heterocycles. The Morgan fingerprint density at radius 2 is 2.05 bits per heavy atom. The van der Waals surface area contributed by atoms with Crippen LogP contribution >= 0.6 is 0 Å². The van der Waals surface area contributed by atoms with E-state index in [-0.39, 0.29) is 11.7 Å². The van der Waals surface area contributed by atoms with Crippen molar-refractivity contribution in [3.8, 4) is 5.75 Å². The monoisotopic (exact) mass is 263 g/mol. The Kier molecular flexibility index (Phi) is 3.73. The Balaban J connectivity index is 1.56. The lowest BCUT2D eigenvalue weighted by molar-refractivity contribution is -0.119. The Bertz CT molecular complexity index is 404. The second-order valence-corrected chi connectivity index (χ2v) is 5.36. The summed E-state index contributed by atoms with van der Waals surface area (Å²) in [5, 5.41) is 0. The zero-order chi connectivity index (χ0) is 13.1. The van der Waals surface area contributed by atoms with E-state index in [0.29, 0.717) is 13.2 Å². The van der Waals surface area contributed by atoms with Gasteiger partial charge in [-0.15, -0.1) is 0 Å². The van der Waals surface area contributed by atoms with E-state index in [0.717, 1.165) is 38.2 Å². The molecule has 2 heterocycles. The van der Waals surface area contributed by atoms with Gasteiger partial charge in [-0.3, -0.25) is 0 Å². The molecule has 2 aliphatic rings. The fourth-order valence-electron chi connectivity index (χ4n) is 2.77. The average molecular weight is 263 g/mol. The molecule has 2 aliphatic heterocycles. The standard InChI is InChI=1S/C15H21NO3/c16-11-15(5-7-17-8-6-15)18-10-13-9-12-3-1-2-4-14(12)19-13/h1-4,13H,5-11,16H2. The van der Waals surface area contributed by atoms with Crippen LogP contribution in [0.2, 0.25) is 0 Å². The van der Waals surface area contributed by atoms with E-state index >= 15 is 0 Å². The molecule has 0 radical (unpaired) electrons. The van der Waals surface area contributed by atoms with Crippen LogP contribution in [0.25, 0.3) is 0 Å². The summed E-state index contributed by atoms with van der Waals surface area (Å²) in [6.07, 6.45) is 2.79. The normalized spacial score (nSPS) is 24.8. The number of rotatable bonds is 4. The maximum absolute atomic E-state index is 6.10. The Hall–Kier alpha value is -1.10. The van der Waals surface area contributed by atoms with Crippen molar-refractivity contribution in [3.63, 3.8) is 0 Å². The number of fused-ring (bicyclic) bond motifs is 1. The minimum absolute atomic E-state index is 0.115. The Labute approximate surface area is 113 Å². The van der Waals surface area contributed by atoms with Gasteiger partial charge in [0.2, 0.25) is 0 Å². The molecular weight excluding hydrogens is 242 g/mol. The quantitative estimate of drug-likeness (QED) is 0.894. The van der Waals surface area contributed by atoms with Crippen molar-refractivity contribution in [2.24, 2.45) is 5.73 Å². The second-order valence-electron chi connectivity index (χ2n) is 5.36. The topological polar surface area (TPSA) is 53.7 Å². The molecule has 0 spiro atoms. The SMILES string of the molecule is NCC1(OCC2Cc3ccccc3O2)CCOCC1. The summed E-state index contributed by atoms with van der Waals surface area (Å²) < 4.78 is 17.4. The molecule has 1 unspecified atom stereocenters. The van der Waals surface area contributed by atoms with Crippen LogP contribution in [-0.2, 0) is 15.9 Å². The zero-order valence-electron chi connectivity index (χ0n) is 11.1. The maximum atomic E-state index is 6.10. The predicted molar refractivity (Wildman–Crippen MR) is 72.4 cm³/mol. The first-order chi connectivity index (χ1) is 9.31. The first kappa shape index (κ1) is 12.9. The van der Waals surface area contributed by atoms with Gasteiger partial charge in [-0.05, 0) is 11.6 Å². The van der Waals surface area contributed by atoms with Crippen molar-refractivity contribution in [1.29, 1.82) is 0 Å². The molecule has 2 N–H and O–H groups in total. The molecule has 0 saturated carbocycles. The summed E-state index contributed by atoms with van der Waals surface area (Å²) in [6.45, 7) is 2.63. The van der Waals surface area contributed by atoms with E-state index in [1.807, 2.05) is 18.2 Å². The number of hydrogen-bond acceptors (Lipinski definition) is 4. The number of benzene rings is 1. The molecule has 1 aromatic carbocycles. The molecule has 4 nitrogen and oxygen atoms in total. The van der Waals surface area contributed by atoms with Gasteiger partial charge in [0.15, 0.2) is 0 Å². The maximum Gasteiger partial charge on any atom is 0.126 e. The highest BCUT2D eigenvalue weighted by atomic mass is 16.6. The zero-order valence-corrected chi connectivity index (χ0v) is 11.1. The van der Waals surface area contributed by atoms with Gasteiger partial charge in [-0.2, -0.15) is 0 Å². The minimum atomic E-state index is -0.212. The Morgan fingerprint density at radius 1 is 1.26 bits per heavy atom. The van der Waals surface area contributed by atoms with Crippen molar-refractivity contribution in [2.75, 3.05) is 26.4 Å². The van der Waals surface area contributed by atoms with Crippen LogP contribution in [0.15, 0.2) is 24.3 Å². The van der Waals surface area contributed by atoms with E-state index in [4.69, 9.17) is 19.9 Å². The van der Waals surface area contributed by atoms with Crippen molar-refractivity contribution in [2.45, 2.75) is 31.0 Å². The van der Waals surface area contributed by atoms with Crippen molar-refractivity contribution < 1.29 is 14.2 Å². The fourth-order valence-corrected chi connectivity index (χ4v) is 2.77. The molecule has 3 rings (SSSR count). The second kappa shape index (κ2) is 5.49. The summed E-state index contributed by atoms with van der Waals surface area (Å²) in [5.74, 6) is 0.991. The highest BCUT2D eigenvalue weighted by Crippen LogP contribution is 2.30. The van der Waals surface area contributed by atoms with E-state index in [9.17, 15) is 0 Å². The third-order valence-corrected chi connectivity index (χ3v) is 4.07. The van der Waals surface area contributed by atoms with Crippen LogP contribution in [0.4, 0.5) is 0 Å². The first-order valence-electron chi connectivity index (χ1n) is 6.98. The predicted octanol–water partition coefficient (Wildman–Crippen LogP) is 1.51. The van der Waals surface area contributed by atoms with Gasteiger partial charge in [0.25, 0.3) is 0 Å². The van der Waals surface area contributed by atoms with Crippen LogP contribution in [0.3, 0.4) is 0 Å². The third-order valence-electron chi connectivity index (χ3n) is 4.07. The number of hydrogen-bond donors (Lipinski definition) is 1. The lowest BCUT2D eigenvalue weighted by Crippen LogP contribution is -2.47. The Morgan fingerprint density at radius 3 is 2.79 bits per heavy atom. The van der Waals surface area contributed by atoms with Crippen molar-refractivity contribution >= 4 is 0 Å². The molecule has 1 aromatic rings. The van der Waals surface area contributed by atoms with Gasteiger partial charge in [-0.25, -0.2) is 0 Å². The van der Waals surface area contributed by atoms with Gasteiger partial charge in [-0.1, -0.05) is 18.2 Å². The first-order valence-corrected chi connectivity index (χ1v) is 6.98. The van der Waals surface area contributed by atoms with Gasteiger partial charge in [0.05, 0.1) is 12.2 Å². The summed E-state index contributed by atoms with van der Waals surface area (Å²) >= 11 is 0. The fraction of sp³-hybridized carbons (Fsp3) is 0.600. The lowest BCUT2D eigenvalue weighted by Gasteiger charge is -2.36. The number of para-hydroxylation sites is 1. The van der Waals surface area contributed by atoms with Crippen molar-refractivity contribution in [1.82, 2.24) is 0 Å². The lowest BCUT2D eigenvalue weighted by atomic mass is 9.94. The summed E-state index contributed by atoms with van der Waals surface area (Å²) in [6, 6.07) is 8.18. The van der Waals surface area contributed by atoms with Crippen LogP contribution in [-0.4, -0.2) is 38.1 Å². The molecular formula is C15H21NO3. The van der Waals surface area contributed by atoms with Gasteiger partial charge in [0, 0.05) is 39.0 Å². The van der Waals surface area contributed by atoms with Gasteiger partial charge < -0.3 is 19.9 Å². The highest BCUT2D eigenvalue weighted by molar-refractivity contribution is 5.37. The molecule has 0 amide bonds. The molecule has 19 heavy (non-hydrogen) atoms. The molecule has 0 aliphatic carbocycles. The number of nitrogens with two attached hydrogens (primary N) is 1. The third kappa shape index (κ3) is 2.76. The molecule has 4 heteroatoms. The number of ether oxygens (including phenoxy) is 3.